The zero-order valence-corrected chi connectivity index (χ0v) is 12.0. The Kier molecular flexibility index (Phi) is 5.48. The van der Waals surface area contributed by atoms with E-state index in [1.165, 1.54) is 0 Å². The van der Waals surface area contributed by atoms with E-state index in [9.17, 15) is 9.59 Å². The van der Waals surface area contributed by atoms with Crippen molar-refractivity contribution < 1.29 is 14.7 Å². The van der Waals surface area contributed by atoms with Gasteiger partial charge in [-0.15, -0.1) is 10.2 Å². The second-order valence-electron chi connectivity index (χ2n) is 5.12. The number of carboxylic acids is 1. The average molecular weight is 283 g/mol. The smallest absolute Gasteiger partial charge is 0.315 e. The van der Waals surface area contributed by atoms with Crippen LogP contribution in [0, 0.1) is 0 Å². The molecule has 112 valence electrons. The van der Waals surface area contributed by atoms with Crippen molar-refractivity contribution in [2.45, 2.75) is 52.2 Å². The summed E-state index contributed by atoms with van der Waals surface area (Å²) in [5.74, 6) is -0.206. The van der Waals surface area contributed by atoms with Gasteiger partial charge in [0.05, 0.1) is 6.54 Å². The highest BCUT2D eigenvalue weighted by atomic mass is 16.4. The lowest BCUT2D eigenvalue weighted by Crippen LogP contribution is -2.48. The van der Waals surface area contributed by atoms with Crippen LogP contribution in [0.15, 0.2) is 6.33 Å². The third-order valence-corrected chi connectivity index (χ3v) is 2.86. The summed E-state index contributed by atoms with van der Waals surface area (Å²) in [6, 6.07) is -0.356. The summed E-state index contributed by atoms with van der Waals surface area (Å²) in [5.41, 5.74) is -0.582. The van der Waals surface area contributed by atoms with Crippen LogP contribution in [-0.2, 0) is 17.9 Å². The lowest BCUT2D eigenvalue weighted by atomic mass is 9.99. The molecule has 1 aromatic rings. The van der Waals surface area contributed by atoms with E-state index in [0.717, 1.165) is 6.54 Å². The first-order chi connectivity index (χ1) is 9.34. The van der Waals surface area contributed by atoms with Gasteiger partial charge < -0.3 is 20.3 Å². The molecule has 2 amide bonds. The lowest BCUT2D eigenvalue weighted by Gasteiger charge is -2.25. The van der Waals surface area contributed by atoms with Crippen LogP contribution in [0.3, 0.4) is 0 Å². The summed E-state index contributed by atoms with van der Waals surface area (Å²) >= 11 is 0. The molecule has 3 N–H and O–H groups in total. The Morgan fingerprint density at radius 3 is 2.75 bits per heavy atom. The zero-order chi connectivity index (χ0) is 15.2. The summed E-state index contributed by atoms with van der Waals surface area (Å²) in [6.07, 6.45) is 1.98. The van der Waals surface area contributed by atoms with Gasteiger partial charge in [0.15, 0.2) is 5.82 Å². The molecule has 1 rings (SSSR count). The predicted octanol–water partition coefficient (Wildman–Crippen LogP) is 0.741. The first kappa shape index (κ1) is 15.9. The number of carboxylic acid groups (broad SMARTS) is 1. The van der Waals surface area contributed by atoms with E-state index in [1.54, 1.807) is 20.2 Å². The van der Waals surface area contributed by atoms with Crippen molar-refractivity contribution >= 4 is 12.0 Å². The highest BCUT2D eigenvalue weighted by Crippen LogP contribution is 2.10. The fourth-order valence-electron chi connectivity index (χ4n) is 1.67. The van der Waals surface area contributed by atoms with Crippen LogP contribution in [0.2, 0.25) is 0 Å². The maximum Gasteiger partial charge on any atom is 0.315 e. The lowest BCUT2D eigenvalue weighted by molar-refractivity contribution is -0.137. The molecule has 20 heavy (non-hydrogen) atoms. The Morgan fingerprint density at radius 1 is 1.45 bits per heavy atom. The standard InChI is InChI=1S/C12H21N5O3/c1-4-17-8-14-16-9(17)7-13-11(20)15-12(2,3)6-5-10(18)19/h8H,4-7H2,1-3H3,(H,18,19)(H2,13,15,20). The van der Waals surface area contributed by atoms with Crippen molar-refractivity contribution in [2.75, 3.05) is 0 Å². The van der Waals surface area contributed by atoms with Crippen molar-refractivity contribution in [3.05, 3.63) is 12.2 Å². The van der Waals surface area contributed by atoms with Crippen LogP contribution < -0.4 is 10.6 Å². The van der Waals surface area contributed by atoms with Crippen molar-refractivity contribution in [3.8, 4) is 0 Å². The molecule has 0 aliphatic heterocycles. The number of rotatable bonds is 7. The number of nitrogens with zero attached hydrogens (tertiary/aromatic N) is 3. The highest BCUT2D eigenvalue weighted by Gasteiger charge is 2.21. The Bertz CT molecular complexity index is 469. The molecule has 0 saturated heterocycles. The van der Waals surface area contributed by atoms with Crippen LogP contribution in [0.5, 0.6) is 0 Å². The molecule has 0 aromatic carbocycles. The number of aryl methyl sites for hydroxylation is 1. The Morgan fingerprint density at radius 2 is 2.15 bits per heavy atom. The van der Waals surface area contributed by atoms with E-state index in [-0.39, 0.29) is 19.0 Å². The molecule has 8 heteroatoms. The van der Waals surface area contributed by atoms with Gasteiger partial charge in [0, 0.05) is 18.5 Å². The van der Waals surface area contributed by atoms with Crippen LogP contribution in [0.1, 0.15) is 39.4 Å². The molecular weight excluding hydrogens is 262 g/mol. The summed E-state index contributed by atoms with van der Waals surface area (Å²) in [6.45, 7) is 6.53. The van der Waals surface area contributed by atoms with Gasteiger partial charge >= 0.3 is 12.0 Å². The molecule has 0 aliphatic carbocycles. The molecule has 0 fully saturated rings. The molecule has 1 aromatic heterocycles. The van der Waals surface area contributed by atoms with Crippen molar-refractivity contribution in [3.63, 3.8) is 0 Å². The number of carbonyl (C=O) groups excluding carboxylic acids is 1. The molecule has 0 aliphatic rings. The van der Waals surface area contributed by atoms with E-state index < -0.39 is 11.5 Å². The van der Waals surface area contributed by atoms with Gasteiger partial charge in [-0.2, -0.15) is 0 Å². The minimum Gasteiger partial charge on any atom is -0.481 e. The fraction of sp³-hybridized carbons (Fsp3) is 0.667. The SMILES string of the molecule is CCn1cnnc1CNC(=O)NC(C)(C)CCC(=O)O. The van der Waals surface area contributed by atoms with E-state index in [1.807, 2.05) is 11.5 Å². The monoisotopic (exact) mass is 283 g/mol. The maximum absolute atomic E-state index is 11.8. The topological polar surface area (TPSA) is 109 Å². The second kappa shape index (κ2) is 6.88. The minimum absolute atomic E-state index is 0.0114. The molecule has 8 nitrogen and oxygen atoms in total. The minimum atomic E-state index is -0.878. The zero-order valence-electron chi connectivity index (χ0n) is 12.0. The van der Waals surface area contributed by atoms with Gasteiger partial charge in [-0.25, -0.2) is 4.79 Å². The number of hydrogen-bond acceptors (Lipinski definition) is 4. The van der Waals surface area contributed by atoms with Gasteiger partial charge in [0.25, 0.3) is 0 Å². The van der Waals surface area contributed by atoms with Crippen molar-refractivity contribution in [2.24, 2.45) is 0 Å². The molecule has 1 heterocycles. The van der Waals surface area contributed by atoms with Gasteiger partial charge in [-0.05, 0) is 27.2 Å². The Labute approximate surface area is 117 Å². The van der Waals surface area contributed by atoms with E-state index >= 15 is 0 Å². The quantitative estimate of drug-likeness (QED) is 0.684. The number of hydrogen-bond donors (Lipinski definition) is 3. The molecule has 0 spiro atoms. The Balaban J connectivity index is 2.41. The number of aromatic nitrogens is 3. The van der Waals surface area contributed by atoms with Crippen LogP contribution >= 0.6 is 0 Å². The van der Waals surface area contributed by atoms with Crippen LogP contribution in [0.4, 0.5) is 4.79 Å². The second-order valence-corrected chi connectivity index (χ2v) is 5.12. The predicted molar refractivity (Wildman–Crippen MR) is 72.0 cm³/mol. The molecular formula is C12H21N5O3. The summed E-state index contributed by atoms with van der Waals surface area (Å²) < 4.78 is 1.83. The first-order valence-corrected chi connectivity index (χ1v) is 6.48. The van der Waals surface area contributed by atoms with Crippen molar-refractivity contribution in [1.29, 1.82) is 0 Å². The Hall–Kier alpha value is -2.12. The molecule has 0 bridgehead atoms. The first-order valence-electron chi connectivity index (χ1n) is 6.48. The number of nitrogens with one attached hydrogen (secondary N) is 2. The number of amides is 2. The normalized spacial score (nSPS) is 11.2. The van der Waals surface area contributed by atoms with Gasteiger partial charge in [0.1, 0.15) is 6.33 Å². The van der Waals surface area contributed by atoms with Gasteiger partial charge in [-0.3, -0.25) is 4.79 Å². The largest absolute Gasteiger partial charge is 0.481 e. The van der Waals surface area contributed by atoms with Crippen molar-refractivity contribution in [1.82, 2.24) is 25.4 Å². The molecule has 0 unspecified atom stereocenters. The summed E-state index contributed by atoms with van der Waals surface area (Å²) in [5, 5.41) is 21.8. The highest BCUT2D eigenvalue weighted by molar-refractivity contribution is 5.74. The maximum atomic E-state index is 11.8. The third-order valence-electron chi connectivity index (χ3n) is 2.86. The summed E-state index contributed by atoms with van der Waals surface area (Å²) in [7, 11) is 0. The van der Waals surface area contributed by atoms with Crippen LogP contribution in [0.25, 0.3) is 0 Å². The number of aliphatic carboxylic acids is 1. The third kappa shape index (κ3) is 5.25. The fourth-order valence-corrected chi connectivity index (χ4v) is 1.67. The van der Waals surface area contributed by atoms with Crippen LogP contribution in [-0.4, -0.2) is 37.4 Å². The van der Waals surface area contributed by atoms with E-state index in [0.29, 0.717) is 12.2 Å². The number of carbonyl (C=O) groups is 2. The average Bonchev–Trinajstić information content (AvgIpc) is 2.81. The summed E-state index contributed by atoms with van der Waals surface area (Å²) in [4.78, 5) is 22.3. The number of urea groups is 1. The van der Waals surface area contributed by atoms with Gasteiger partial charge in [-0.1, -0.05) is 0 Å². The molecule has 0 atom stereocenters. The molecule has 0 radical (unpaired) electrons. The van der Waals surface area contributed by atoms with E-state index in [4.69, 9.17) is 5.11 Å². The van der Waals surface area contributed by atoms with Gasteiger partial charge in [0.2, 0.25) is 0 Å². The molecule has 0 saturated carbocycles. The van der Waals surface area contributed by atoms with E-state index in [2.05, 4.69) is 20.8 Å².